The van der Waals surface area contributed by atoms with Crippen LogP contribution >= 0.6 is 24.0 Å². The van der Waals surface area contributed by atoms with Crippen molar-refractivity contribution in [3.05, 3.63) is 17.0 Å². The van der Waals surface area contributed by atoms with Gasteiger partial charge in [0.2, 0.25) is 0 Å². The Hall–Kier alpha value is -0.830. The van der Waals surface area contributed by atoms with E-state index in [0.717, 1.165) is 25.3 Å². The van der Waals surface area contributed by atoms with E-state index in [9.17, 15) is 0 Å². The van der Waals surface area contributed by atoms with Crippen LogP contribution in [0.1, 0.15) is 70.3 Å². The third-order valence-electron chi connectivity index (χ3n) is 5.52. The average Bonchev–Trinajstić information content (AvgIpc) is 3.00. The zero-order chi connectivity index (χ0) is 19.6. The summed E-state index contributed by atoms with van der Waals surface area (Å²) in [5, 5.41) is 11.8. The molecule has 162 valence electrons. The van der Waals surface area contributed by atoms with E-state index in [1.807, 2.05) is 11.7 Å². The molecule has 2 rings (SSSR count). The molecule has 0 aliphatic carbocycles. The van der Waals surface area contributed by atoms with Crippen LogP contribution in [0.4, 0.5) is 0 Å². The molecule has 2 N–H and O–H groups in total. The van der Waals surface area contributed by atoms with Gasteiger partial charge in [0.05, 0.1) is 12.2 Å². The molecule has 0 radical (unpaired) electrons. The summed E-state index contributed by atoms with van der Waals surface area (Å²) in [5.41, 5.74) is 3.78. The average molecular weight is 505 g/mol. The first-order chi connectivity index (χ1) is 13.1. The highest BCUT2D eigenvalue weighted by Crippen LogP contribution is 2.17. The van der Waals surface area contributed by atoms with Gasteiger partial charge in [-0.3, -0.25) is 4.68 Å². The number of piperidine rings is 1. The van der Waals surface area contributed by atoms with Gasteiger partial charge in [0.15, 0.2) is 5.96 Å². The van der Waals surface area contributed by atoms with Gasteiger partial charge >= 0.3 is 0 Å². The standard InChI is InChI=1S/C21H40N6.HI/c1-6-10-13-27-14-11-17(12-15-27)24-21(22-9-4)23-16-18-19(7-2)25-26(5)20(18)8-3;/h17H,6-16H2,1-5H3,(H2,22,23,24);1H. The lowest BCUT2D eigenvalue weighted by Crippen LogP contribution is -2.48. The maximum absolute atomic E-state index is 4.90. The number of aryl methyl sites for hydroxylation is 2. The molecular weight excluding hydrogens is 463 g/mol. The minimum atomic E-state index is 0. The minimum absolute atomic E-state index is 0. The fourth-order valence-corrected chi connectivity index (χ4v) is 3.93. The number of aromatic nitrogens is 2. The van der Waals surface area contributed by atoms with Crippen LogP contribution in [0.5, 0.6) is 0 Å². The summed E-state index contributed by atoms with van der Waals surface area (Å²) in [6.07, 6.45) is 6.94. The van der Waals surface area contributed by atoms with E-state index in [1.165, 1.54) is 62.3 Å². The molecule has 0 saturated carbocycles. The predicted octanol–water partition coefficient (Wildman–Crippen LogP) is 3.48. The fourth-order valence-electron chi connectivity index (χ4n) is 3.93. The number of halogens is 1. The van der Waals surface area contributed by atoms with Crippen molar-refractivity contribution in [2.24, 2.45) is 12.0 Å². The fraction of sp³-hybridized carbons (Fsp3) is 0.810. The van der Waals surface area contributed by atoms with Crippen LogP contribution < -0.4 is 10.6 Å². The molecule has 1 fully saturated rings. The van der Waals surface area contributed by atoms with Crippen LogP contribution in [-0.2, 0) is 26.4 Å². The molecule has 28 heavy (non-hydrogen) atoms. The zero-order valence-electron chi connectivity index (χ0n) is 18.6. The number of aliphatic imine (C=N–C) groups is 1. The van der Waals surface area contributed by atoms with Gasteiger partial charge in [-0.2, -0.15) is 5.10 Å². The van der Waals surface area contributed by atoms with E-state index in [1.54, 1.807) is 0 Å². The summed E-state index contributed by atoms with van der Waals surface area (Å²) >= 11 is 0. The molecule has 6 nitrogen and oxygen atoms in total. The van der Waals surface area contributed by atoms with Crippen molar-refractivity contribution >= 4 is 29.9 Å². The van der Waals surface area contributed by atoms with Crippen molar-refractivity contribution in [3.63, 3.8) is 0 Å². The second-order valence-corrected chi connectivity index (χ2v) is 7.51. The van der Waals surface area contributed by atoms with E-state index in [-0.39, 0.29) is 24.0 Å². The molecule has 1 aliphatic rings. The lowest BCUT2D eigenvalue weighted by molar-refractivity contribution is 0.203. The molecule has 7 heteroatoms. The molecule has 0 unspecified atom stereocenters. The molecule has 1 aliphatic heterocycles. The van der Waals surface area contributed by atoms with Crippen molar-refractivity contribution in [1.82, 2.24) is 25.3 Å². The van der Waals surface area contributed by atoms with Crippen LogP contribution in [0.25, 0.3) is 0 Å². The van der Waals surface area contributed by atoms with Gasteiger partial charge in [0.1, 0.15) is 0 Å². The normalized spacial score (nSPS) is 16.1. The predicted molar refractivity (Wildman–Crippen MR) is 130 cm³/mol. The summed E-state index contributed by atoms with van der Waals surface area (Å²) in [6.45, 7) is 14.0. The van der Waals surface area contributed by atoms with Crippen LogP contribution in [0, 0.1) is 0 Å². The molecule has 1 aromatic rings. The molecule has 1 aromatic heterocycles. The third kappa shape index (κ3) is 7.21. The Kier molecular flexibility index (Phi) is 12.1. The highest BCUT2D eigenvalue weighted by molar-refractivity contribution is 14.0. The van der Waals surface area contributed by atoms with Crippen molar-refractivity contribution in [1.29, 1.82) is 0 Å². The lowest BCUT2D eigenvalue weighted by Gasteiger charge is -2.33. The monoisotopic (exact) mass is 504 g/mol. The van der Waals surface area contributed by atoms with Gasteiger partial charge in [-0.25, -0.2) is 4.99 Å². The van der Waals surface area contributed by atoms with Gasteiger partial charge < -0.3 is 15.5 Å². The topological polar surface area (TPSA) is 57.5 Å². The van der Waals surface area contributed by atoms with Crippen LogP contribution in [0.15, 0.2) is 4.99 Å². The highest BCUT2D eigenvalue weighted by atomic mass is 127. The molecule has 0 spiro atoms. The Morgan fingerprint density at radius 1 is 1.14 bits per heavy atom. The zero-order valence-corrected chi connectivity index (χ0v) is 20.9. The van der Waals surface area contributed by atoms with Gasteiger partial charge in [-0.05, 0) is 45.6 Å². The summed E-state index contributed by atoms with van der Waals surface area (Å²) in [4.78, 5) is 7.50. The van der Waals surface area contributed by atoms with E-state index in [2.05, 4.69) is 48.3 Å². The molecule has 0 amide bonds. The molecule has 1 saturated heterocycles. The Balaban J connectivity index is 0.00000392. The van der Waals surface area contributed by atoms with Crippen LogP contribution in [0.3, 0.4) is 0 Å². The minimum Gasteiger partial charge on any atom is -0.357 e. The number of likely N-dealkylation sites (tertiary alicyclic amines) is 1. The number of nitrogens with zero attached hydrogens (tertiary/aromatic N) is 4. The lowest BCUT2D eigenvalue weighted by atomic mass is 10.0. The number of hydrogen-bond donors (Lipinski definition) is 2. The summed E-state index contributed by atoms with van der Waals surface area (Å²) < 4.78 is 2.02. The van der Waals surface area contributed by atoms with Crippen molar-refractivity contribution < 1.29 is 0 Å². The molecule has 0 bridgehead atoms. The molecular formula is C21H41IN6. The Labute approximate surface area is 189 Å². The number of guanidine groups is 1. The van der Waals surface area contributed by atoms with E-state index in [0.29, 0.717) is 12.6 Å². The van der Waals surface area contributed by atoms with Crippen molar-refractivity contribution in [3.8, 4) is 0 Å². The number of hydrogen-bond acceptors (Lipinski definition) is 3. The maximum Gasteiger partial charge on any atom is 0.191 e. The second-order valence-electron chi connectivity index (χ2n) is 7.51. The van der Waals surface area contributed by atoms with E-state index in [4.69, 9.17) is 4.99 Å². The quantitative estimate of drug-likeness (QED) is 0.307. The van der Waals surface area contributed by atoms with Crippen LogP contribution in [0.2, 0.25) is 0 Å². The Morgan fingerprint density at radius 2 is 1.86 bits per heavy atom. The first-order valence-corrected chi connectivity index (χ1v) is 10.9. The highest BCUT2D eigenvalue weighted by Gasteiger charge is 2.20. The summed E-state index contributed by atoms with van der Waals surface area (Å²) in [6, 6.07) is 0.519. The summed E-state index contributed by atoms with van der Waals surface area (Å²) in [7, 11) is 2.04. The smallest absolute Gasteiger partial charge is 0.191 e. The molecule has 0 atom stereocenters. The van der Waals surface area contributed by atoms with Gasteiger partial charge in [-0.1, -0.05) is 27.2 Å². The first kappa shape index (κ1) is 25.2. The SMILES string of the molecule is CCCCN1CCC(NC(=NCc2c(CC)nn(C)c2CC)NCC)CC1.I. The summed E-state index contributed by atoms with van der Waals surface area (Å²) in [5.74, 6) is 0.942. The Morgan fingerprint density at radius 3 is 2.43 bits per heavy atom. The molecule has 0 aromatic carbocycles. The van der Waals surface area contributed by atoms with Gasteiger partial charge in [0, 0.05) is 44.0 Å². The number of nitrogens with one attached hydrogen (secondary N) is 2. The van der Waals surface area contributed by atoms with Gasteiger partial charge in [0.25, 0.3) is 0 Å². The van der Waals surface area contributed by atoms with Crippen LogP contribution in [-0.4, -0.2) is 52.9 Å². The van der Waals surface area contributed by atoms with E-state index >= 15 is 0 Å². The van der Waals surface area contributed by atoms with Gasteiger partial charge in [-0.15, -0.1) is 24.0 Å². The largest absolute Gasteiger partial charge is 0.357 e. The third-order valence-corrected chi connectivity index (χ3v) is 5.52. The number of unbranched alkanes of at least 4 members (excludes halogenated alkanes) is 1. The maximum atomic E-state index is 4.90. The van der Waals surface area contributed by atoms with E-state index < -0.39 is 0 Å². The second kappa shape index (κ2) is 13.4. The number of rotatable bonds is 9. The Bertz CT molecular complexity index is 590. The first-order valence-electron chi connectivity index (χ1n) is 10.9. The molecule has 2 heterocycles. The van der Waals surface area contributed by atoms with Crippen molar-refractivity contribution in [2.75, 3.05) is 26.2 Å². The van der Waals surface area contributed by atoms with Crippen molar-refractivity contribution in [2.45, 2.75) is 78.8 Å².